The van der Waals surface area contributed by atoms with Gasteiger partial charge in [-0.1, -0.05) is 61.7 Å². The molecule has 1 aliphatic rings. The number of hydrogen-bond acceptors (Lipinski definition) is 2. The van der Waals surface area contributed by atoms with Crippen LogP contribution in [0.3, 0.4) is 0 Å². The van der Waals surface area contributed by atoms with Crippen LogP contribution in [0.25, 0.3) is 11.1 Å². The fourth-order valence-electron chi connectivity index (χ4n) is 2.95. The first-order chi connectivity index (χ1) is 10.3. The van der Waals surface area contributed by atoms with E-state index in [1.54, 1.807) is 0 Å². The van der Waals surface area contributed by atoms with Gasteiger partial charge in [0.25, 0.3) is 0 Å². The summed E-state index contributed by atoms with van der Waals surface area (Å²) in [5.74, 6) is 0.827. The van der Waals surface area contributed by atoms with Gasteiger partial charge in [0.05, 0.1) is 5.60 Å². The molecule has 1 N–H and O–H groups in total. The van der Waals surface area contributed by atoms with Gasteiger partial charge in [0.2, 0.25) is 0 Å². The molecule has 1 fully saturated rings. The fraction of sp³-hybridized carbons (Fsp3) is 0.368. The molecule has 0 radical (unpaired) electrons. The fourth-order valence-corrected chi connectivity index (χ4v) is 2.95. The van der Waals surface area contributed by atoms with E-state index >= 15 is 0 Å². The van der Waals surface area contributed by atoms with E-state index in [2.05, 4.69) is 24.3 Å². The van der Waals surface area contributed by atoms with E-state index in [-0.39, 0.29) is 0 Å². The highest BCUT2D eigenvalue weighted by Gasteiger charge is 2.29. The Morgan fingerprint density at radius 3 is 2.10 bits per heavy atom. The minimum absolute atomic E-state index is 0.400. The third kappa shape index (κ3) is 3.64. The van der Waals surface area contributed by atoms with Gasteiger partial charge in [0.1, 0.15) is 12.4 Å². The molecule has 3 rings (SSSR count). The van der Waals surface area contributed by atoms with E-state index in [4.69, 9.17) is 4.74 Å². The largest absolute Gasteiger partial charge is 0.491 e. The van der Waals surface area contributed by atoms with Gasteiger partial charge in [-0.05, 0) is 36.1 Å². The van der Waals surface area contributed by atoms with Crippen molar-refractivity contribution in [2.75, 3.05) is 6.61 Å². The van der Waals surface area contributed by atoms with E-state index in [0.29, 0.717) is 6.61 Å². The van der Waals surface area contributed by atoms with Gasteiger partial charge in [0.15, 0.2) is 0 Å². The topological polar surface area (TPSA) is 29.5 Å². The van der Waals surface area contributed by atoms with Crippen molar-refractivity contribution >= 4 is 0 Å². The Hall–Kier alpha value is -1.80. The Bertz CT molecular complexity index is 554. The lowest BCUT2D eigenvalue weighted by Crippen LogP contribution is -2.37. The van der Waals surface area contributed by atoms with Crippen molar-refractivity contribution < 1.29 is 9.84 Å². The monoisotopic (exact) mass is 282 g/mol. The van der Waals surface area contributed by atoms with Crippen molar-refractivity contribution in [3.63, 3.8) is 0 Å². The Kier molecular flexibility index (Phi) is 4.26. The summed E-state index contributed by atoms with van der Waals surface area (Å²) in [5.41, 5.74) is 1.75. The van der Waals surface area contributed by atoms with E-state index in [0.717, 1.165) is 31.4 Å². The summed E-state index contributed by atoms with van der Waals surface area (Å²) in [4.78, 5) is 0. The van der Waals surface area contributed by atoms with Crippen molar-refractivity contribution in [2.45, 2.75) is 37.7 Å². The highest BCUT2D eigenvalue weighted by atomic mass is 16.5. The van der Waals surface area contributed by atoms with E-state index in [9.17, 15) is 5.11 Å². The lowest BCUT2D eigenvalue weighted by molar-refractivity contribution is -0.0338. The molecule has 0 atom stereocenters. The molecule has 0 aliphatic heterocycles. The van der Waals surface area contributed by atoms with Crippen LogP contribution in [0.15, 0.2) is 54.6 Å². The third-order valence-electron chi connectivity index (χ3n) is 4.25. The Morgan fingerprint density at radius 1 is 0.810 bits per heavy atom. The first-order valence-corrected chi connectivity index (χ1v) is 7.76. The van der Waals surface area contributed by atoms with Crippen molar-refractivity contribution in [3.8, 4) is 16.9 Å². The summed E-state index contributed by atoms with van der Waals surface area (Å²) in [6, 6.07) is 18.4. The molecule has 0 heterocycles. The van der Waals surface area contributed by atoms with E-state index in [1.165, 1.54) is 17.5 Å². The van der Waals surface area contributed by atoms with Crippen LogP contribution in [-0.2, 0) is 0 Å². The van der Waals surface area contributed by atoms with Crippen LogP contribution in [0.4, 0.5) is 0 Å². The first-order valence-electron chi connectivity index (χ1n) is 7.76. The molecule has 0 unspecified atom stereocenters. The predicted molar refractivity (Wildman–Crippen MR) is 85.4 cm³/mol. The zero-order chi connectivity index (χ0) is 14.5. The smallest absolute Gasteiger partial charge is 0.119 e. The van der Waals surface area contributed by atoms with Crippen LogP contribution in [0.1, 0.15) is 32.1 Å². The molecule has 0 bridgehead atoms. The molecule has 21 heavy (non-hydrogen) atoms. The summed E-state index contributed by atoms with van der Waals surface area (Å²) >= 11 is 0. The molecule has 0 spiro atoms. The maximum absolute atomic E-state index is 10.4. The second-order valence-electron chi connectivity index (χ2n) is 5.96. The maximum atomic E-state index is 10.4. The van der Waals surface area contributed by atoms with Crippen LogP contribution in [0.5, 0.6) is 5.75 Å². The van der Waals surface area contributed by atoms with E-state index < -0.39 is 5.60 Å². The SMILES string of the molecule is OC1(COc2ccc(-c3ccccc3)cc2)CCCCC1. The summed E-state index contributed by atoms with van der Waals surface area (Å²) in [7, 11) is 0. The number of hydrogen-bond donors (Lipinski definition) is 1. The average molecular weight is 282 g/mol. The third-order valence-corrected chi connectivity index (χ3v) is 4.25. The molecule has 1 saturated carbocycles. The molecule has 2 heteroatoms. The summed E-state index contributed by atoms with van der Waals surface area (Å²) in [6.45, 7) is 0.400. The zero-order valence-corrected chi connectivity index (χ0v) is 12.3. The lowest BCUT2D eigenvalue weighted by Gasteiger charge is -2.31. The predicted octanol–water partition coefficient (Wildman–Crippen LogP) is 4.43. The van der Waals surface area contributed by atoms with Crippen molar-refractivity contribution in [1.29, 1.82) is 0 Å². The molecule has 1 aliphatic carbocycles. The van der Waals surface area contributed by atoms with Gasteiger partial charge < -0.3 is 9.84 Å². The summed E-state index contributed by atoms with van der Waals surface area (Å²) in [6.07, 6.45) is 5.15. The normalized spacial score (nSPS) is 17.4. The molecule has 110 valence electrons. The van der Waals surface area contributed by atoms with Gasteiger partial charge in [-0.15, -0.1) is 0 Å². The second-order valence-corrected chi connectivity index (χ2v) is 5.96. The quantitative estimate of drug-likeness (QED) is 0.899. The Labute approximate surface area is 126 Å². The minimum Gasteiger partial charge on any atom is -0.491 e. The number of aliphatic hydroxyl groups is 1. The van der Waals surface area contributed by atoms with Crippen LogP contribution in [-0.4, -0.2) is 17.3 Å². The molecule has 0 amide bonds. The first kappa shape index (κ1) is 14.2. The van der Waals surface area contributed by atoms with Crippen molar-refractivity contribution in [1.82, 2.24) is 0 Å². The summed E-state index contributed by atoms with van der Waals surface area (Å²) in [5, 5.41) is 10.4. The van der Waals surface area contributed by atoms with Crippen LogP contribution in [0, 0.1) is 0 Å². The standard InChI is InChI=1S/C19H22O2/c20-19(13-5-2-6-14-19)15-21-18-11-9-17(10-12-18)16-7-3-1-4-8-16/h1,3-4,7-12,20H,2,5-6,13-15H2. The molecule has 2 aromatic rings. The van der Waals surface area contributed by atoms with Crippen LogP contribution in [0.2, 0.25) is 0 Å². The number of rotatable bonds is 4. The molecular formula is C19H22O2. The highest BCUT2D eigenvalue weighted by molar-refractivity contribution is 5.63. The highest BCUT2D eigenvalue weighted by Crippen LogP contribution is 2.29. The minimum atomic E-state index is -0.629. The van der Waals surface area contributed by atoms with Gasteiger partial charge in [0, 0.05) is 0 Å². The molecule has 2 nitrogen and oxygen atoms in total. The van der Waals surface area contributed by atoms with Gasteiger partial charge in [-0.25, -0.2) is 0 Å². The molecular weight excluding hydrogens is 260 g/mol. The maximum Gasteiger partial charge on any atom is 0.119 e. The molecule has 0 aromatic heterocycles. The lowest BCUT2D eigenvalue weighted by atomic mass is 9.85. The van der Waals surface area contributed by atoms with Crippen molar-refractivity contribution in [3.05, 3.63) is 54.6 Å². The van der Waals surface area contributed by atoms with Gasteiger partial charge >= 0.3 is 0 Å². The zero-order valence-electron chi connectivity index (χ0n) is 12.3. The van der Waals surface area contributed by atoms with Crippen molar-refractivity contribution in [2.24, 2.45) is 0 Å². The van der Waals surface area contributed by atoms with Gasteiger partial charge in [-0.2, -0.15) is 0 Å². The Balaban J connectivity index is 1.62. The Morgan fingerprint density at radius 2 is 1.43 bits per heavy atom. The van der Waals surface area contributed by atoms with E-state index in [1.807, 2.05) is 30.3 Å². The number of ether oxygens (including phenoxy) is 1. The van der Waals surface area contributed by atoms with Gasteiger partial charge in [-0.3, -0.25) is 0 Å². The average Bonchev–Trinajstić information content (AvgIpc) is 2.55. The second kappa shape index (κ2) is 6.31. The molecule has 2 aromatic carbocycles. The molecule has 0 saturated heterocycles. The van der Waals surface area contributed by atoms with Crippen LogP contribution >= 0.6 is 0 Å². The summed E-state index contributed by atoms with van der Waals surface area (Å²) < 4.78 is 5.79. The number of benzene rings is 2. The van der Waals surface area contributed by atoms with Crippen LogP contribution < -0.4 is 4.74 Å².